The van der Waals surface area contributed by atoms with Gasteiger partial charge in [0.25, 0.3) is 11.5 Å². The normalized spacial score (nSPS) is 12.1. The van der Waals surface area contributed by atoms with Crippen molar-refractivity contribution in [2.75, 3.05) is 25.5 Å². The molecule has 3 aromatic carbocycles. The van der Waals surface area contributed by atoms with Crippen LogP contribution in [-0.4, -0.2) is 41.3 Å². The molecule has 0 saturated heterocycles. The quantitative estimate of drug-likeness (QED) is 0.396. The summed E-state index contributed by atoms with van der Waals surface area (Å²) in [5.41, 5.74) is 4.37. The maximum atomic E-state index is 13.3. The van der Waals surface area contributed by atoms with Gasteiger partial charge in [0, 0.05) is 61.8 Å². The van der Waals surface area contributed by atoms with E-state index in [1.807, 2.05) is 38.5 Å². The molecule has 2 N–H and O–H groups in total. The number of aromatic amines is 1. The fourth-order valence-electron chi connectivity index (χ4n) is 4.54. The van der Waals surface area contributed by atoms with Gasteiger partial charge in [0.1, 0.15) is 0 Å². The molecule has 176 valence electrons. The first kappa shape index (κ1) is 22.4. The molecule has 1 amide bonds. The molecule has 0 saturated carbocycles. The van der Waals surface area contributed by atoms with E-state index in [1.165, 1.54) is 4.68 Å². The summed E-state index contributed by atoms with van der Waals surface area (Å²) in [5, 5.41) is 9.50. The number of aryl methyl sites for hydroxylation is 1. The Kier molecular flexibility index (Phi) is 5.82. The SMILES string of the molecule is CN(C)c1ccc([C@H](CNC(=O)c2nn(C)c(=O)c3ccccc23)c2c[nH]c3ccccc23)cc1. The minimum absolute atomic E-state index is 0.0786. The minimum Gasteiger partial charge on any atom is -0.378 e. The number of nitrogens with one attached hydrogen (secondary N) is 2. The summed E-state index contributed by atoms with van der Waals surface area (Å²) >= 11 is 0. The lowest BCUT2D eigenvalue weighted by Gasteiger charge is -2.20. The van der Waals surface area contributed by atoms with Gasteiger partial charge in [-0.2, -0.15) is 5.10 Å². The molecular formula is C28H27N5O2. The standard InChI is InChI=1S/C28H27N5O2/c1-32(2)19-14-12-18(13-15-19)23(24-17-29-25-11-7-6-8-20(24)25)16-30-27(34)26-21-9-4-5-10-22(21)28(35)33(3)31-26/h4-15,17,23,29H,16H2,1-3H3,(H,30,34)/t23-/m0/s1. The minimum atomic E-state index is -0.313. The fourth-order valence-corrected chi connectivity index (χ4v) is 4.54. The van der Waals surface area contributed by atoms with Crippen molar-refractivity contribution in [3.05, 3.63) is 106 Å². The second-order valence-corrected chi connectivity index (χ2v) is 8.86. The monoisotopic (exact) mass is 465 g/mol. The molecule has 0 fully saturated rings. The molecule has 35 heavy (non-hydrogen) atoms. The van der Waals surface area contributed by atoms with Crippen molar-refractivity contribution in [3.63, 3.8) is 0 Å². The second kappa shape index (κ2) is 9.10. The molecular weight excluding hydrogens is 438 g/mol. The van der Waals surface area contributed by atoms with Crippen LogP contribution in [0.2, 0.25) is 0 Å². The number of aromatic nitrogens is 3. The number of fused-ring (bicyclic) bond motifs is 2. The summed E-state index contributed by atoms with van der Waals surface area (Å²) in [6.07, 6.45) is 2.02. The highest BCUT2D eigenvalue weighted by Gasteiger charge is 2.21. The summed E-state index contributed by atoms with van der Waals surface area (Å²) in [6.45, 7) is 0.376. The Bertz CT molecular complexity index is 1580. The molecule has 0 spiro atoms. The highest BCUT2D eigenvalue weighted by atomic mass is 16.2. The third-order valence-corrected chi connectivity index (χ3v) is 6.45. The topological polar surface area (TPSA) is 83.0 Å². The first-order chi connectivity index (χ1) is 16.9. The summed E-state index contributed by atoms with van der Waals surface area (Å²) in [6, 6.07) is 23.6. The van der Waals surface area contributed by atoms with Gasteiger partial charge in [0.05, 0.1) is 5.39 Å². The van der Waals surface area contributed by atoms with Crippen molar-refractivity contribution in [2.24, 2.45) is 7.05 Å². The Morgan fingerprint density at radius 2 is 1.63 bits per heavy atom. The van der Waals surface area contributed by atoms with Crippen LogP contribution in [0.3, 0.4) is 0 Å². The van der Waals surface area contributed by atoms with E-state index in [0.29, 0.717) is 17.3 Å². The first-order valence-electron chi connectivity index (χ1n) is 11.5. The Morgan fingerprint density at radius 1 is 0.971 bits per heavy atom. The molecule has 5 aromatic rings. The number of carbonyl (C=O) groups excluding carboxylic acids is 1. The highest BCUT2D eigenvalue weighted by molar-refractivity contribution is 6.04. The number of hydrogen-bond donors (Lipinski definition) is 2. The van der Waals surface area contributed by atoms with Gasteiger partial charge in [-0.1, -0.05) is 48.5 Å². The number of anilines is 1. The molecule has 7 nitrogen and oxygen atoms in total. The van der Waals surface area contributed by atoms with Gasteiger partial charge in [-0.25, -0.2) is 4.68 Å². The van der Waals surface area contributed by atoms with Crippen LogP contribution in [0.5, 0.6) is 0 Å². The lowest BCUT2D eigenvalue weighted by Crippen LogP contribution is -2.32. The van der Waals surface area contributed by atoms with Crippen LogP contribution in [0.15, 0.2) is 83.8 Å². The van der Waals surface area contributed by atoms with Crippen LogP contribution >= 0.6 is 0 Å². The lowest BCUT2D eigenvalue weighted by molar-refractivity contribution is 0.0947. The highest BCUT2D eigenvalue weighted by Crippen LogP contribution is 2.31. The number of benzene rings is 3. The zero-order valence-corrected chi connectivity index (χ0v) is 19.9. The van der Waals surface area contributed by atoms with Crippen molar-refractivity contribution in [3.8, 4) is 0 Å². The van der Waals surface area contributed by atoms with Gasteiger partial charge >= 0.3 is 0 Å². The molecule has 7 heteroatoms. The number of amides is 1. The van der Waals surface area contributed by atoms with Gasteiger partial charge in [0.2, 0.25) is 0 Å². The molecule has 0 unspecified atom stereocenters. The van der Waals surface area contributed by atoms with Gasteiger partial charge in [-0.05, 0) is 35.4 Å². The largest absolute Gasteiger partial charge is 0.378 e. The maximum Gasteiger partial charge on any atom is 0.274 e. The molecule has 0 aliphatic heterocycles. The van der Waals surface area contributed by atoms with Gasteiger partial charge < -0.3 is 15.2 Å². The summed E-state index contributed by atoms with van der Waals surface area (Å²) in [4.78, 5) is 31.2. The summed E-state index contributed by atoms with van der Waals surface area (Å²) in [5.74, 6) is -0.392. The van der Waals surface area contributed by atoms with Crippen LogP contribution in [0.4, 0.5) is 5.69 Å². The van der Waals surface area contributed by atoms with Gasteiger partial charge in [-0.15, -0.1) is 0 Å². The van der Waals surface area contributed by atoms with Crippen LogP contribution in [0.1, 0.15) is 27.5 Å². The Labute approximate surface area is 203 Å². The van der Waals surface area contributed by atoms with Crippen molar-refractivity contribution >= 4 is 33.3 Å². The molecule has 0 radical (unpaired) electrons. The van der Waals surface area contributed by atoms with Gasteiger partial charge in [0.15, 0.2) is 5.69 Å². The molecule has 0 aliphatic carbocycles. The zero-order chi connectivity index (χ0) is 24.5. The van der Waals surface area contributed by atoms with E-state index >= 15 is 0 Å². The Hall–Kier alpha value is -4.39. The molecule has 0 aliphatic rings. The van der Waals surface area contributed by atoms with E-state index in [2.05, 4.69) is 50.6 Å². The number of rotatable bonds is 6. The second-order valence-electron chi connectivity index (χ2n) is 8.86. The summed E-state index contributed by atoms with van der Waals surface area (Å²) in [7, 11) is 5.58. The van der Waals surface area contributed by atoms with Crippen molar-refractivity contribution in [1.82, 2.24) is 20.1 Å². The van der Waals surface area contributed by atoms with E-state index in [9.17, 15) is 9.59 Å². The van der Waals surface area contributed by atoms with Crippen molar-refractivity contribution in [1.29, 1.82) is 0 Å². The van der Waals surface area contributed by atoms with Crippen LogP contribution < -0.4 is 15.8 Å². The average Bonchev–Trinajstić information content (AvgIpc) is 3.30. The molecule has 2 aromatic heterocycles. The van der Waals surface area contributed by atoms with Crippen LogP contribution in [0, 0.1) is 0 Å². The smallest absolute Gasteiger partial charge is 0.274 e. The molecule has 0 bridgehead atoms. The lowest BCUT2D eigenvalue weighted by atomic mass is 9.90. The van der Waals surface area contributed by atoms with E-state index in [1.54, 1.807) is 31.3 Å². The number of nitrogens with zero attached hydrogens (tertiary/aromatic N) is 3. The third kappa shape index (κ3) is 4.17. The summed E-state index contributed by atoms with van der Waals surface area (Å²) < 4.78 is 1.22. The Morgan fingerprint density at radius 3 is 2.34 bits per heavy atom. The fraction of sp³-hybridized carbons (Fsp3) is 0.179. The van der Waals surface area contributed by atoms with Crippen molar-refractivity contribution < 1.29 is 4.79 Å². The number of para-hydroxylation sites is 1. The third-order valence-electron chi connectivity index (χ3n) is 6.45. The van der Waals surface area contributed by atoms with E-state index in [4.69, 9.17) is 0 Å². The molecule has 2 heterocycles. The zero-order valence-electron chi connectivity index (χ0n) is 19.9. The van der Waals surface area contributed by atoms with E-state index in [-0.39, 0.29) is 23.1 Å². The predicted molar refractivity (Wildman–Crippen MR) is 140 cm³/mol. The maximum absolute atomic E-state index is 13.3. The van der Waals surface area contributed by atoms with Crippen LogP contribution in [0.25, 0.3) is 21.7 Å². The number of carbonyl (C=O) groups is 1. The van der Waals surface area contributed by atoms with E-state index in [0.717, 1.165) is 27.7 Å². The Balaban J connectivity index is 1.51. The average molecular weight is 466 g/mol. The van der Waals surface area contributed by atoms with Crippen LogP contribution in [-0.2, 0) is 7.05 Å². The predicted octanol–water partition coefficient (Wildman–Crippen LogP) is 4.04. The van der Waals surface area contributed by atoms with E-state index < -0.39 is 0 Å². The van der Waals surface area contributed by atoms with Crippen molar-refractivity contribution in [2.45, 2.75) is 5.92 Å². The van der Waals surface area contributed by atoms with Gasteiger partial charge in [-0.3, -0.25) is 9.59 Å². The number of hydrogen-bond acceptors (Lipinski definition) is 4. The molecule has 5 rings (SSSR count). The number of H-pyrrole nitrogens is 1. The molecule has 1 atom stereocenters. The first-order valence-corrected chi connectivity index (χ1v) is 11.5.